The van der Waals surface area contributed by atoms with Gasteiger partial charge in [0.25, 0.3) is 11.6 Å². The van der Waals surface area contributed by atoms with Gasteiger partial charge in [-0.25, -0.2) is 0 Å². The van der Waals surface area contributed by atoms with Gasteiger partial charge in [-0.05, 0) is 72.2 Å². The average Bonchev–Trinajstić information content (AvgIpc) is 3.82. The summed E-state index contributed by atoms with van der Waals surface area (Å²) in [5, 5.41) is 14.3. The maximum absolute atomic E-state index is 13.9. The summed E-state index contributed by atoms with van der Waals surface area (Å²) >= 11 is 2.66. The second kappa shape index (κ2) is 11.8. The quantitative estimate of drug-likeness (QED) is 0.133. The molecule has 2 bridgehead atoms. The topological polar surface area (TPSA) is 152 Å². The Bertz CT molecular complexity index is 2120. The first-order valence-corrected chi connectivity index (χ1v) is 17.3. The number of benzene rings is 3. The number of thiazole rings is 1. The predicted octanol–water partition coefficient (Wildman–Crippen LogP) is 6.06. The maximum Gasteiger partial charge on any atom is 0.416 e. The molecular weight excluding hydrogens is 698 g/mol. The zero-order valence-corrected chi connectivity index (χ0v) is 27.2. The number of nitrogens with zero attached hydrogens (tertiary/aromatic N) is 2. The van der Waals surface area contributed by atoms with E-state index in [1.54, 1.807) is 23.9 Å². The Balaban J connectivity index is 1.02. The lowest BCUT2D eigenvalue weighted by Crippen LogP contribution is -2.42. The fraction of sp³-hybridized carbons (Fsp3) is 0.294. The van der Waals surface area contributed by atoms with Crippen molar-refractivity contribution >= 4 is 57.9 Å². The number of imide groups is 1. The van der Waals surface area contributed by atoms with Crippen molar-refractivity contribution < 1.29 is 37.2 Å². The van der Waals surface area contributed by atoms with E-state index < -0.39 is 41.0 Å². The molecule has 0 unspecified atom stereocenters. The Morgan fingerprint density at radius 3 is 2.38 bits per heavy atom. The lowest BCUT2D eigenvalue weighted by molar-refractivity contribution is -0.384. The third-order valence-electron chi connectivity index (χ3n) is 10.1. The Morgan fingerprint density at radius 2 is 1.70 bits per heavy atom. The number of amides is 3. The summed E-state index contributed by atoms with van der Waals surface area (Å²) in [6.07, 6.45) is -3.87. The van der Waals surface area contributed by atoms with Gasteiger partial charge in [-0.15, -0.1) is 11.8 Å². The normalized spacial score (nSPS) is 26.4. The fourth-order valence-corrected chi connectivity index (χ4v) is 11.1. The number of ether oxygens (including phenoxy) is 1. The number of carbonyl (C=O) groups excluding carboxylic acids is 3. The highest BCUT2D eigenvalue weighted by molar-refractivity contribution is 8.00. The van der Waals surface area contributed by atoms with Crippen LogP contribution in [0.3, 0.4) is 0 Å². The van der Waals surface area contributed by atoms with Crippen LogP contribution in [0, 0.1) is 39.7 Å². The minimum atomic E-state index is -4.55. The number of H-pyrrole nitrogens is 1. The van der Waals surface area contributed by atoms with Gasteiger partial charge in [0.15, 0.2) is 6.61 Å². The van der Waals surface area contributed by atoms with Gasteiger partial charge >= 0.3 is 11.0 Å². The number of hydrogen-bond acceptors (Lipinski definition) is 9. The van der Waals surface area contributed by atoms with Crippen molar-refractivity contribution in [1.82, 2.24) is 4.98 Å². The van der Waals surface area contributed by atoms with Gasteiger partial charge in [-0.3, -0.25) is 34.2 Å². The number of hydrogen-bond donors (Lipinski definition) is 2. The van der Waals surface area contributed by atoms with E-state index in [1.807, 2.05) is 12.1 Å². The molecule has 2 aliphatic heterocycles. The van der Waals surface area contributed by atoms with Crippen molar-refractivity contribution in [2.75, 3.05) is 16.8 Å². The van der Waals surface area contributed by atoms with E-state index >= 15 is 0 Å². The molecule has 1 aromatic heterocycles. The van der Waals surface area contributed by atoms with Crippen LogP contribution in [0.2, 0.25) is 0 Å². The van der Waals surface area contributed by atoms with E-state index in [0.29, 0.717) is 17.9 Å². The Kier molecular flexibility index (Phi) is 7.63. The number of halogens is 3. The standard InChI is InChI=1S/C34H25F3N4O7S2/c35-34(36,37)16-2-1-3-17(12-16)38-23(42)14-48-20-10-4-15(5-11-20)24-25-21-13-22(28(25)49-30-29(24)50-33(45)39-30)27-26(21)31(43)40(32(27)44)18-6-8-19(9-7-18)41(46)47/h1-12,21-22,24-28H,13-14H2,(H,38,42)(H,39,45)/t21-,22-,24+,25-,26+,27+,28-/m1/s1. The van der Waals surface area contributed by atoms with Crippen molar-refractivity contribution in [1.29, 1.82) is 0 Å². The molecule has 1 saturated heterocycles. The number of rotatable bonds is 7. The monoisotopic (exact) mass is 722 g/mol. The van der Waals surface area contributed by atoms with Crippen molar-refractivity contribution in [2.45, 2.75) is 28.8 Å². The predicted molar refractivity (Wildman–Crippen MR) is 176 cm³/mol. The molecule has 3 amide bonds. The molecule has 4 aliphatic rings. The van der Waals surface area contributed by atoms with E-state index in [9.17, 15) is 42.5 Å². The zero-order chi connectivity index (χ0) is 35.1. The second-order valence-electron chi connectivity index (χ2n) is 12.7. The average molecular weight is 723 g/mol. The van der Waals surface area contributed by atoms with E-state index in [2.05, 4.69) is 10.3 Å². The van der Waals surface area contributed by atoms with Crippen LogP contribution in [-0.2, 0) is 20.6 Å². The Hall–Kier alpha value is -4.96. The van der Waals surface area contributed by atoms with Crippen molar-refractivity contribution in [3.63, 3.8) is 0 Å². The van der Waals surface area contributed by atoms with Gasteiger partial charge in [-0.2, -0.15) is 13.2 Å². The van der Waals surface area contributed by atoms with Crippen LogP contribution in [0.15, 0.2) is 82.6 Å². The van der Waals surface area contributed by atoms with Crippen LogP contribution >= 0.6 is 23.1 Å². The molecule has 16 heteroatoms. The van der Waals surface area contributed by atoms with E-state index in [4.69, 9.17) is 4.74 Å². The minimum Gasteiger partial charge on any atom is -0.484 e. The molecule has 4 aromatic rings. The molecule has 3 heterocycles. The summed E-state index contributed by atoms with van der Waals surface area (Å²) < 4.78 is 44.7. The number of aromatic amines is 1. The summed E-state index contributed by atoms with van der Waals surface area (Å²) in [6, 6.07) is 16.7. The second-order valence-corrected chi connectivity index (χ2v) is 14.9. The summed E-state index contributed by atoms with van der Waals surface area (Å²) in [7, 11) is 0. The van der Waals surface area contributed by atoms with Crippen LogP contribution in [0.4, 0.5) is 30.2 Å². The molecule has 7 atom stereocenters. The number of carbonyl (C=O) groups is 3. The third kappa shape index (κ3) is 5.28. The molecule has 2 N–H and O–H groups in total. The van der Waals surface area contributed by atoms with Gasteiger partial charge in [0.2, 0.25) is 11.8 Å². The Labute approximate surface area is 289 Å². The Morgan fingerprint density at radius 1 is 1.00 bits per heavy atom. The lowest BCUT2D eigenvalue weighted by atomic mass is 9.68. The highest BCUT2D eigenvalue weighted by Gasteiger charge is 2.69. The molecule has 0 spiro atoms. The number of nitro groups is 1. The summed E-state index contributed by atoms with van der Waals surface area (Å²) in [4.78, 5) is 68.2. The molecule has 11 nitrogen and oxygen atoms in total. The number of nitro benzene ring substituents is 1. The third-order valence-corrected chi connectivity index (χ3v) is 12.7. The van der Waals surface area contributed by atoms with E-state index in [0.717, 1.165) is 38.9 Å². The smallest absolute Gasteiger partial charge is 0.416 e. The van der Waals surface area contributed by atoms with E-state index in [1.165, 1.54) is 41.3 Å². The highest BCUT2D eigenvalue weighted by Crippen LogP contribution is 2.68. The molecule has 256 valence electrons. The number of aromatic nitrogens is 1. The molecule has 2 saturated carbocycles. The number of nitrogens with one attached hydrogen (secondary N) is 2. The first-order chi connectivity index (χ1) is 23.9. The number of thioether (sulfide) groups is 1. The molecule has 3 aromatic carbocycles. The van der Waals surface area contributed by atoms with Gasteiger partial charge in [-0.1, -0.05) is 29.5 Å². The van der Waals surface area contributed by atoms with Gasteiger partial charge in [0.05, 0.1) is 33.0 Å². The number of alkyl halides is 3. The molecule has 2 aliphatic carbocycles. The van der Waals surface area contributed by atoms with E-state index in [-0.39, 0.29) is 57.0 Å². The largest absolute Gasteiger partial charge is 0.484 e. The summed E-state index contributed by atoms with van der Waals surface area (Å²) in [5.74, 6) is -2.58. The SMILES string of the molecule is O=C(COc1ccc([C@@H]2c3sc(=O)[nH]c3S[C@@H]3[C@@H]4C[C@@H]([C@@H]5C(=O)N(c6ccc([N+](=O)[O-])cc6)C(=O)[C@@H]45)[C@H]23)cc1)Nc1cccc(C(F)(F)F)c1. The molecule has 3 fully saturated rings. The summed E-state index contributed by atoms with van der Waals surface area (Å²) in [5.41, 5.74) is 0.122. The van der Waals surface area contributed by atoms with Crippen LogP contribution in [0.5, 0.6) is 5.75 Å². The first-order valence-electron chi connectivity index (χ1n) is 15.6. The van der Waals surface area contributed by atoms with Crippen LogP contribution in [0.1, 0.15) is 28.3 Å². The van der Waals surface area contributed by atoms with Crippen molar-refractivity contribution in [3.8, 4) is 5.75 Å². The van der Waals surface area contributed by atoms with Gasteiger partial charge in [0.1, 0.15) is 5.75 Å². The highest BCUT2D eigenvalue weighted by atomic mass is 32.2. The van der Waals surface area contributed by atoms with Gasteiger partial charge in [0, 0.05) is 33.9 Å². The van der Waals surface area contributed by atoms with Crippen molar-refractivity contribution in [3.05, 3.63) is 109 Å². The lowest BCUT2D eigenvalue weighted by Gasteiger charge is -2.43. The number of anilines is 2. The van der Waals surface area contributed by atoms with Gasteiger partial charge < -0.3 is 15.0 Å². The first kappa shape index (κ1) is 32.3. The number of fused-ring (bicyclic) bond motifs is 9. The fourth-order valence-electron chi connectivity index (χ4n) is 8.26. The van der Waals surface area contributed by atoms with Crippen LogP contribution < -0.4 is 19.8 Å². The maximum atomic E-state index is 13.9. The van der Waals surface area contributed by atoms with Crippen LogP contribution in [0.25, 0.3) is 0 Å². The van der Waals surface area contributed by atoms with Crippen molar-refractivity contribution in [2.24, 2.45) is 29.6 Å². The van der Waals surface area contributed by atoms with Crippen LogP contribution in [-0.4, -0.2) is 39.5 Å². The zero-order valence-electron chi connectivity index (χ0n) is 25.6. The minimum absolute atomic E-state index is 0.0128. The summed E-state index contributed by atoms with van der Waals surface area (Å²) in [6.45, 7) is -0.446. The number of non-ortho nitro benzene ring substituents is 1. The molecule has 0 radical (unpaired) electrons. The molecular formula is C34H25F3N4O7S2. The molecule has 8 rings (SSSR count). The molecule has 50 heavy (non-hydrogen) atoms.